The summed E-state index contributed by atoms with van der Waals surface area (Å²) in [7, 11) is 0. The third-order valence-corrected chi connectivity index (χ3v) is 3.19. The van der Waals surface area contributed by atoms with Gasteiger partial charge >= 0.3 is 0 Å². The molecule has 1 aliphatic heterocycles. The van der Waals surface area contributed by atoms with Crippen molar-refractivity contribution in [1.29, 1.82) is 0 Å². The van der Waals surface area contributed by atoms with Crippen LogP contribution in [0.1, 0.15) is 25.5 Å². The first-order valence-electron chi connectivity index (χ1n) is 7.52. The second kappa shape index (κ2) is 8.94. The summed E-state index contributed by atoms with van der Waals surface area (Å²) in [6.07, 6.45) is 3.06. The molecule has 124 valence electrons. The van der Waals surface area contributed by atoms with E-state index in [-0.39, 0.29) is 6.42 Å². The maximum Gasteiger partial charge on any atom is 0.193 e. The summed E-state index contributed by atoms with van der Waals surface area (Å²) in [5, 5.41) is 5.77. The van der Waals surface area contributed by atoms with E-state index in [0.29, 0.717) is 37.0 Å². The molecule has 0 radical (unpaired) electrons. The highest BCUT2D eigenvalue weighted by atomic mass is 19.1. The van der Waals surface area contributed by atoms with E-state index in [9.17, 15) is 9.30 Å². The monoisotopic (exact) mass is 321 g/mol. The molecule has 1 aliphatic rings. The first-order valence-corrected chi connectivity index (χ1v) is 7.52. The van der Waals surface area contributed by atoms with Crippen LogP contribution in [0.25, 0.3) is 5.57 Å². The van der Waals surface area contributed by atoms with Crippen LogP contribution >= 0.6 is 0 Å². The number of aliphatic imine (C=N–C) groups is 1. The van der Waals surface area contributed by atoms with Crippen LogP contribution in [0, 0.1) is 4.91 Å². The van der Waals surface area contributed by atoms with E-state index in [1.54, 1.807) is 18.2 Å². The smallest absolute Gasteiger partial charge is 0.193 e. The second-order valence-corrected chi connectivity index (χ2v) is 4.96. The molecule has 0 aromatic carbocycles. The lowest BCUT2D eigenvalue weighted by Gasteiger charge is -2.15. The van der Waals surface area contributed by atoms with Gasteiger partial charge in [0.15, 0.2) is 12.1 Å². The van der Waals surface area contributed by atoms with Crippen LogP contribution in [-0.4, -0.2) is 37.3 Å². The van der Waals surface area contributed by atoms with Crippen molar-refractivity contribution in [3.8, 4) is 0 Å². The minimum Gasteiger partial charge on any atom is -0.380 e. The Morgan fingerprint density at radius 2 is 2.30 bits per heavy atom. The number of allylic oxidation sites excluding steroid dienone is 1. The topological polar surface area (TPSA) is 88.0 Å². The zero-order chi connectivity index (χ0) is 16.5. The van der Waals surface area contributed by atoms with Crippen molar-refractivity contribution in [3.63, 3.8) is 0 Å². The predicted molar refractivity (Wildman–Crippen MR) is 89.2 cm³/mol. The average Bonchev–Trinajstić information content (AvgIpc) is 2.56. The fourth-order valence-corrected chi connectivity index (χ4v) is 2.12. The molecule has 0 saturated heterocycles. The Morgan fingerprint density at radius 1 is 1.43 bits per heavy atom. The van der Waals surface area contributed by atoms with E-state index in [1.807, 2.05) is 6.92 Å². The second-order valence-electron chi connectivity index (χ2n) is 4.96. The summed E-state index contributed by atoms with van der Waals surface area (Å²) >= 11 is 0. The summed E-state index contributed by atoms with van der Waals surface area (Å²) in [6.45, 7) is 3.79. The van der Waals surface area contributed by atoms with Crippen molar-refractivity contribution >= 4 is 23.3 Å². The Balaban J connectivity index is 2.10. The standard InChI is InChI=1S/C15H20FN5O2/c1-2-8-23-9-7-18-15-13(20-21-22)4-3-12(19-15)11-5-6-17-14(16)10-11/h3-6,14H,2,7-10H2,1H3,(H,18,19)(H,20,22). The number of rotatable bonds is 9. The fourth-order valence-electron chi connectivity index (χ4n) is 2.12. The number of hydrogen-bond acceptors (Lipinski definition) is 6. The van der Waals surface area contributed by atoms with Gasteiger partial charge in [0.1, 0.15) is 5.69 Å². The lowest BCUT2D eigenvalue weighted by Crippen LogP contribution is -2.13. The number of dihydropyridines is 1. The van der Waals surface area contributed by atoms with Gasteiger partial charge in [-0.3, -0.25) is 4.99 Å². The van der Waals surface area contributed by atoms with E-state index in [4.69, 9.17) is 4.74 Å². The third kappa shape index (κ3) is 5.10. The quantitative estimate of drug-likeness (QED) is 0.316. The molecule has 2 rings (SSSR count). The molecule has 7 nitrogen and oxygen atoms in total. The number of anilines is 2. The highest BCUT2D eigenvalue weighted by Crippen LogP contribution is 2.27. The van der Waals surface area contributed by atoms with Gasteiger partial charge in [-0.05, 0) is 30.2 Å². The summed E-state index contributed by atoms with van der Waals surface area (Å²) in [6, 6.07) is 3.39. The molecule has 0 fully saturated rings. The third-order valence-electron chi connectivity index (χ3n) is 3.19. The Labute approximate surface area is 134 Å². The van der Waals surface area contributed by atoms with Gasteiger partial charge < -0.3 is 10.1 Å². The molecule has 1 aromatic rings. The van der Waals surface area contributed by atoms with Gasteiger partial charge in [-0.2, -0.15) is 0 Å². The van der Waals surface area contributed by atoms with Gasteiger partial charge in [-0.15, -0.1) is 4.91 Å². The molecular formula is C15H20FN5O2. The molecule has 0 spiro atoms. The minimum absolute atomic E-state index is 0.182. The highest BCUT2D eigenvalue weighted by molar-refractivity contribution is 5.86. The molecule has 1 unspecified atom stereocenters. The zero-order valence-corrected chi connectivity index (χ0v) is 13.0. The Morgan fingerprint density at radius 3 is 3.04 bits per heavy atom. The summed E-state index contributed by atoms with van der Waals surface area (Å²) in [4.78, 5) is 18.6. The molecule has 0 bridgehead atoms. The van der Waals surface area contributed by atoms with Crippen molar-refractivity contribution in [3.05, 3.63) is 28.8 Å². The number of aromatic nitrogens is 1. The SMILES string of the molecule is CCCOCCNc1nc(C2=CC=NC(F)C2)ccc1NN=O. The molecule has 1 atom stereocenters. The van der Waals surface area contributed by atoms with Crippen LogP contribution in [0.15, 0.2) is 28.5 Å². The molecule has 0 aliphatic carbocycles. The van der Waals surface area contributed by atoms with Crippen LogP contribution < -0.4 is 10.7 Å². The predicted octanol–water partition coefficient (Wildman–Crippen LogP) is 3.17. The molecule has 2 N–H and O–H groups in total. The van der Waals surface area contributed by atoms with Gasteiger partial charge in [-0.1, -0.05) is 6.92 Å². The van der Waals surface area contributed by atoms with Crippen molar-refractivity contribution in [2.75, 3.05) is 30.5 Å². The number of halogens is 1. The van der Waals surface area contributed by atoms with Crippen molar-refractivity contribution in [2.45, 2.75) is 26.1 Å². The van der Waals surface area contributed by atoms with Crippen molar-refractivity contribution in [1.82, 2.24) is 4.98 Å². The van der Waals surface area contributed by atoms with E-state index in [2.05, 4.69) is 26.0 Å². The van der Waals surface area contributed by atoms with Crippen molar-refractivity contribution < 1.29 is 9.13 Å². The largest absolute Gasteiger partial charge is 0.380 e. The number of nitroso groups, excluding NO2 is 1. The van der Waals surface area contributed by atoms with Gasteiger partial charge in [0.05, 0.1) is 17.6 Å². The number of nitrogens with zero attached hydrogens (tertiary/aromatic N) is 3. The van der Waals surface area contributed by atoms with Crippen LogP contribution in [0.3, 0.4) is 0 Å². The minimum atomic E-state index is -1.25. The number of hydrogen-bond donors (Lipinski definition) is 2. The maximum atomic E-state index is 13.4. The van der Waals surface area contributed by atoms with E-state index in [1.165, 1.54) is 6.21 Å². The lowest BCUT2D eigenvalue weighted by atomic mass is 10.1. The number of ether oxygens (including phenoxy) is 1. The summed E-state index contributed by atoms with van der Waals surface area (Å²) in [5.41, 5.74) is 4.20. The zero-order valence-electron chi connectivity index (χ0n) is 13.0. The number of pyridine rings is 1. The van der Waals surface area contributed by atoms with Crippen molar-refractivity contribution in [2.24, 2.45) is 10.3 Å². The Bertz CT molecular complexity index is 591. The van der Waals surface area contributed by atoms with Crippen LogP contribution in [0.4, 0.5) is 15.9 Å². The van der Waals surface area contributed by atoms with Gasteiger partial charge in [0.25, 0.3) is 0 Å². The average molecular weight is 321 g/mol. The van der Waals surface area contributed by atoms with Gasteiger partial charge in [0.2, 0.25) is 0 Å². The number of nitrogens with one attached hydrogen (secondary N) is 2. The van der Waals surface area contributed by atoms with Crippen LogP contribution in [0.5, 0.6) is 0 Å². The highest BCUT2D eigenvalue weighted by Gasteiger charge is 2.15. The molecule has 2 heterocycles. The van der Waals surface area contributed by atoms with E-state index in [0.717, 1.165) is 12.0 Å². The molecule has 0 amide bonds. The van der Waals surface area contributed by atoms with E-state index >= 15 is 0 Å². The Hall–Kier alpha value is -2.35. The first-order chi connectivity index (χ1) is 11.2. The lowest BCUT2D eigenvalue weighted by molar-refractivity contribution is 0.144. The molecule has 8 heteroatoms. The molecule has 1 aromatic heterocycles. The molecule has 0 saturated carbocycles. The summed E-state index contributed by atoms with van der Waals surface area (Å²) < 4.78 is 18.8. The fraction of sp³-hybridized carbons (Fsp3) is 0.467. The Kier molecular flexibility index (Phi) is 6.61. The number of alkyl halides is 1. The van der Waals surface area contributed by atoms with Gasteiger partial charge in [-0.25, -0.2) is 14.8 Å². The normalized spacial score (nSPS) is 16.8. The molecule has 23 heavy (non-hydrogen) atoms. The van der Waals surface area contributed by atoms with Gasteiger partial charge in [0, 0.05) is 25.8 Å². The summed E-state index contributed by atoms with van der Waals surface area (Å²) in [5.74, 6) is 0.473. The van der Waals surface area contributed by atoms with E-state index < -0.39 is 6.30 Å². The van der Waals surface area contributed by atoms with Crippen LogP contribution in [-0.2, 0) is 4.74 Å². The molecular weight excluding hydrogens is 301 g/mol. The van der Waals surface area contributed by atoms with Crippen LogP contribution in [0.2, 0.25) is 0 Å². The first kappa shape index (κ1) is 17.0. The maximum absolute atomic E-state index is 13.4.